The second-order valence-corrected chi connectivity index (χ2v) is 5.30. The van der Waals surface area contributed by atoms with Crippen LogP contribution in [0.4, 0.5) is 0 Å². The predicted octanol–water partition coefficient (Wildman–Crippen LogP) is -5.21. The van der Waals surface area contributed by atoms with Gasteiger partial charge in [0.2, 0.25) is 6.29 Å². The maximum Gasteiger partial charge on any atom is 0.340 e. The summed E-state index contributed by atoms with van der Waals surface area (Å²) in [7, 11) is 0. The van der Waals surface area contributed by atoms with Crippen molar-refractivity contribution in [1.29, 1.82) is 0 Å². The van der Waals surface area contributed by atoms with Gasteiger partial charge in [0.05, 0.1) is 12.7 Å². The fraction of sp³-hybridized carbons (Fsp3) is 0.917. The maximum absolute atomic E-state index is 11.7. The Hall–Kier alpha value is -0.890. The number of rotatable bonds is 6. The van der Waals surface area contributed by atoms with Crippen LogP contribution in [-0.4, -0.2) is 109 Å². The minimum absolute atomic E-state index is 0.745. The number of carbonyl (C=O) groups excluding carboxylic acids is 1. The van der Waals surface area contributed by atoms with Gasteiger partial charge < -0.3 is 50.3 Å². The lowest BCUT2D eigenvalue weighted by atomic mass is 9.99. The van der Waals surface area contributed by atoms with Gasteiger partial charge in [0.15, 0.2) is 6.10 Å². The minimum atomic E-state index is -2.27. The highest BCUT2D eigenvalue weighted by Gasteiger charge is 2.46. The van der Waals surface area contributed by atoms with Gasteiger partial charge in [0.25, 0.3) is 0 Å². The van der Waals surface area contributed by atoms with E-state index in [0.717, 1.165) is 6.92 Å². The molecule has 0 aromatic heterocycles. The van der Waals surface area contributed by atoms with Crippen LogP contribution in [0.25, 0.3) is 0 Å². The average Bonchev–Trinajstić information content (AvgIpc) is 2.52. The van der Waals surface area contributed by atoms with Crippen molar-refractivity contribution in [2.75, 3.05) is 6.61 Å². The van der Waals surface area contributed by atoms with Crippen molar-refractivity contribution in [3.8, 4) is 0 Å². The molecular weight excluding hydrogens is 320 g/mol. The summed E-state index contributed by atoms with van der Waals surface area (Å²) >= 11 is 0. The SMILES string of the molecule is C[C@@H](O)[C@@H](O)[C@H](O)[C@@H](O)C(=O)O[C@@H]1O[C@H](CO)[C@H](O)[C@H](O)[C@H]1O. The summed E-state index contributed by atoms with van der Waals surface area (Å²) in [5.74, 6) is -1.51. The molecule has 0 radical (unpaired) electrons. The number of aliphatic hydroxyl groups excluding tert-OH is 8. The van der Waals surface area contributed by atoms with Crippen LogP contribution in [-0.2, 0) is 14.3 Å². The fourth-order valence-corrected chi connectivity index (χ4v) is 1.96. The molecule has 0 aliphatic carbocycles. The number of aliphatic hydroxyl groups is 8. The van der Waals surface area contributed by atoms with Crippen molar-refractivity contribution in [3.05, 3.63) is 0 Å². The van der Waals surface area contributed by atoms with Crippen LogP contribution < -0.4 is 0 Å². The molecule has 11 nitrogen and oxygen atoms in total. The molecule has 0 spiro atoms. The van der Waals surface area contributed by atoms with Crippen molar-refractivity contribution in [2.24, 2.45) is 0 Å². The Morgan fingerprint density at radius 2 is 1.61 bits per heavy atom. The first-order valence-corrected chi connectivity index (χ1v) is 6.85. The van der Waals surface area contributed by atoms with E-state index in [1.807, 2.05) is 0 Å². The monoisotopic (exact) mass is 342 g/mol. The van der Waals surface area contributed by atoms with Crippen molar-refractivity contribution < 1.29 is 55.1 Å². The van der Waals surface area contributed by atoms with E-state index >= 15 is 0 Å². The summed E-state index contributed by atoms with van der Waals surface area (Å²) in [6.07, 6.45) is -16.1. The highest BCUT2D eigenvalue weighted by molar-refractivity contribution is 5.75. The van der Waals surface area contributed by atoms with E-state index in [1.165, 1.54) is 0 Å². The van der Waals surface area contributed by atoms with E-state index in [0.29, 0.717) is 0 Å². The van der Waals surface area contributed by atoms with Gasteiger partial charge in [-0.25, -0.2) is 4.79 Å². The first-order valence-electron chi connectivity index (χ1n) is 6.85. The van der Waals surface area contributed by atoms with Gasteiger partial charge in [-0.15, -0.1) is 0 Å². The minimum Gasteiger partial charge on any atom is -0.431 e. The number of hydrogen-bond donors (Lipinski definition) is 8. The van der Waals surface area contributed by atoms with Gasteiger partial charge in [0.1, 0.15) is 36.6 Å². The van der Waals surface area contributed by atoms with Crippen LogP contribution in [0.15, 0.2) is 0 Å². The van der Waals surface area contributed by atoms with E-state index in [-0.39, 0.29) is 0 Å². The molecule has 1 aliphatic rings. The Morgan fingerprint density at radius 1 is 1.04 bits per heavy atom. The maximum atomic E-state index is 11.7. The van der Waals surface area contributed by atoms with E-state index < -0.39 is 67.7 Å². The molecule has 8 N–H and O–H groups in total. The van der Waals surface area contributed by atoms with E-state index in [9.17, 15) is 35.4 Å². The molecule has 11 heteroatoms. The van der Waals surface area contributed by atoms with Gasteiger partial charge in [0, 0.05) is 0 Å². The number of esters is 1. The number of carbonyl (C=O) groups is 1. The Kier molecular flexibility index (Phi) is 7.26. The smallest absolute Gasteiger partial charge is 0.340 e. The van der Waals surface area contributed by atoms with E-state index in [2.05, 4.69) is 4.74 Å². The van der Waals surface area contributed by atoms with Gasteiger partial charge in [-0.2, -0.15) is 0 Å². The van der Waals surface area contributed by atoms with Gasteiger partial charge in [-0.05, 0) is 6.92 Å². The zero-order chi connectivity index (χ0) is 17.9. The van der Waals surface area contributed by atoms with Crippen LogP contribution in [0.3, 0.4) is 0 Å². The standard InChI is InChI=1S/C12H22O11/c1-3(14)5(15)7(17)9(19)11(21)23-12-10(20)8(18)6(16)4(2-13)22-12/h3-10,12-20H,2H2,1H3/t3-,4-,5-,6+,7+,8+,9-,10-,12+/m1/s1. The lowest BCUT2D eigenvalue weighted by Gasteiger charge is -2.39. The summed E-state index contributed by atoms with van der Waals surface area (Å²) in [5, 5.41) is 75.3. The third kappa shape index (κ3) is 4.56. The summed E-state index contributed by atoms with van der Waals surface area (Å²) in [4.78, 5) is 11.7. The summed E-state index contributed by atoms with van der Waals surface area (Å²) in [6.45, 7) is 0.369. The Bertz CT molecular complexity index is 387. The molecular formula is C12H22O11. The quantitative estimate of drug-likeness (QED) is 0.215. The third-order valence-electron chi connectivity index (χ3n) is 3.49. The van der Waals surface area contributed by atoms with Crippen molar-refractivity contribution in [3.63, 3.8) is 0 Å². The second kappa shape index (κ2) is 8.28. The molecule has 0 unspecified atom stereocenters. The Labute approximate surface area is 130 Å². The molecule has 0 amide bonds. The third-order valence-corrected chi connectivity index (χ3v) is 3.49. The topological polar surface area (TPSA) is 197 Å². The first kappa shape index (κ1) is 20.2. The molecule has 1 fully saturated rings. The largest absolute Gasteiger partial charge is 0.431 e. The molecule has 1 heterocycles. The number of ether oxygens (including phenoxy) is 2. The molecule has 23 heavy (non-hydrogen) atoms. The van der Waals surface area contributed by atoms with Gasteiger partial charge >= 0.3 is 5.97 Å². The van der Waals surface area contributed by atoms with Crippen molar-refractivity contribution in [1.82, 2.24) is 0 Å². The molecule has 1 saturated heterocycles. The zero-order valence-electron chi connectivity index (χ0n) is 12.2. The molecule has 0 bridgehead atoms. The van der Waals surface area contributed by atoms with Crippen molar-refractivity contribution in [2.45, 2.75) is 62.0 Å². The van der Waals surface area contributed by atoms with Gasteiger partial charge in [-0.1, -0.05) is 0 Å². The fourth-order valence-electron chi connectivity index (χ4n) is 1.96. The highest BCUT2D eigenvalue weighted by atomic mass is 16.7. The second-order valence-electron chi connectivity index (χ2n) is 5.30. The summed E-state index contributed by atoms with van der Waals surface area (Å²) in [6, 6.07) is 0. The number of hydrogen-bond acceptors (Lipinski definition) is 11. The van der Waals surface area contributed by atoms with Crippen LogP contribution in [0.5, 0.6) is 0 Å². The summed E-state index contributed by atoms with van der Waals surface area (Å²) in [5.41, 5.74) is 0. The Balaban J connectivity index is 2.72. The van der Waals surface area contributed by atoms with Gasteiger partial charge in [-0.3, -0.25) is 0 Å². The predicted molar refractivity (Wildman–Crippen MR) is 69.6 cm³/mol. The molecule has 136 valence electrons. The van der Waals surface area contributed by atoms with E-state index in [4.69, 9.17) is 14.9 Å². The van der Waals surface area contributed by atoms with Crippen LogP contribution in [0.2, 0.25) is 0 Å². The molecule has 9 atom stereocenters. The summed E-state index contributed by atoms with van der Waals surface area (Å²) < 4.78 is 9.45. The van der Waals surface area contributed by atoms with E-state index in [1.54, 1.807) is 0 Å². The highest BCUT2D eigenvalue weighted by Crippen LogP contribution is 2.22. The first-order chi connectivity index (χ1) is 10.6. The zero-order valence-corrected chi connectivity index (χ0v) is 12.2. The normalized spacial score (nSPS) is 36.8. The molecule has 1 aliphatic heterocycles. The van der Waals surface area contributed by atoms with Crippen LogP contribution >= 0.6 is 0 Å². The van der Waals surface area contributed by atoms with Crippen LogP contribution in [0, 0.1) is 0 Å². The van der Waals surface area contributed by atoms with Crippen LogP contribution in [0.1, 0.15) is 6.92 Å². The molecule has 0 saturated carbocycles. The molecule has 1 rings (SSSR count). The lowest BCUT2D eigenvalue weighted by molar-refractivity contribution is -0.295. The lowest BCUT2D eigenvalue weighted by Crippen LogP contribution is -2.60. The Morgan fingerprint density at radius 3 is 2.09 bits per heavy atom. The molecule has 0 aromatic rings. The molecule has 0 aromatic carbocycles. The average molecular weight is 342 g/mol. The van der Waals surface area contributed by atoms with Crippen molar-refractivity contribution >= 4 is 5.97 Å².